The lowest BCUT2D eigenvalue weighted by atomic mass is 10.1. The number of aromatic nitrogens is 2. The molecule has 0 radical (unpaired) electrons. The maximum absolute atomic E-state index is 12.9. The van der Waals surface area contributed by atoms with Crippen LogP contribution in [0, 0.1) is 5.92 Å². The number of ether oxygens (including phenoxy) is 1. The first-order valence-electron chi connectivity index (χ1n) is 12.6. The lowest BCUT2D eigenvalue weighted by Crippen LogP contribution is -2.34. The minimum atomic E-state index is -3.51. The largest absolute Gasteiger partial charge is 0.490 e. The summed E-state index contributed by atoms with van der Waals surface area (Å²) >= 11 is 1.24. The maximum atomic E-state index is 12.9. The molecule has 1 aliphatic rings. The number of thiazole rings is 1. The second-order valence-corrected chi connectivity index (χ2v) is 12.8. The Morgan fingerprint density at radius 3 is 2.73 bits per heavy atom. The molecule has 0 aliphatic heterocycles. The van der Waals surface area contributed by atoms with Crippen LogP contribution in [0.4, 0.5) is 0 Å². The molecule has 4 aromatic rings. The highest BCUT2D eigenvalue weighted by Crippen LogP contribution is 2.31. The average molecular weight is 538 g/mol. The van der Waals surface area contributed by atoms with E-state index in [1.165, 1.54) is 11.3 Å². The number of pyridine rings is 1. The van der Waals surface area contributed by atoms with Gasteiger partial charge in [0.2, 0.25) is 0 Å². The predicted molar refractivity (Wildman–Crippen MR) is 148 cm³/mol. The molecule has 37 heavy (non-hydrogen) atoms. The number of fused-ring (bicyclic) bond motifs is 1. The normalized spacial score (nSPS) is 18.0. The summed E-state index contributed by atoms with van der Waals surface area (Å²) < 4.78 is 31.8. The van der Waals surface area contributed by atoms with Crippen molar-refractivity contribution >= 4 is 32.1 Å². The van der Waals surface area contributed by atoms with E-state index >= 15 is 0 Å². The van der Waals surface area contributed by atoms with Gasteiger partial charge in [0.05, 0.1) is 21.7 Å². The van der Waals surface area contributed by atoms with E-state index in [0.29, 0.717) is 33.7 Å². The molecule has 1 fully saturated rings. The smallest absolute Gasteiger partial charge is 0.257 e. The molecule has 2 N–H and O–H groups in total. The first-order valence-corrected chi connectivity index (χ1v) is 15.1. The van der Waals surface area contributed by atoms with Gasteiger partial charge in [0.15, 0.2) is 9.84 Å². The lowest BCUT2D eigenvalue weighted by molar-refractivity contribution is 0.156. The Bertz CT molecular complexity index is 1540. The van der Waals surface area contributed by atoms with Gasteiger partial charge in [-0.25, -0.2) is 13.4 Å². The molecule has 5 rings (SSSR count). The van der Waals surface area contributed by atoms with E-state index in [1.807, 2.05) is 18.2 Å². The van der Waals surface area contributed by atoms with Crippen LogP contribution >= 0.6 is 11.3 Å². The molecule has 2 heterocycles. The van der Waals surface area contributed by atoms with Crippen molar-refractivity contribution in [2.45, 2.75) is 55.9 Å². The zero-order valence-electron chi connectivity index (χ0n) is 20.9. The van der Waals surface area contributed by atoms with E-state index in [9.17, 15) is 13.2 Å². The Morgan fingerprint density at radius 2 is 1.95 bits per heavy atom. The van der Waals surface area contributed by atoms with Crippen LogP contribution in [0.15, 0.2) is 69.7 Å². The molecule has 2 aromatic heterocycles. The van der Waals surface area contributed by atoms with Gasteiger partial charge in [-0.3, -0.25) is 4.79 Å². The summed E-state index contributed by atoms with van der Waals surface area (Å²) in [6.07, 6.45) is 3.51. The van der Waals surface area contributed by atoms with Gasteiger partial charge in [-0.05, 0) is 55.0 Å². The Kier molecular flexibility index (Phi) is 7.46. The number of nitrogens with one attached hydrogen (secondary N) is 2. The molecule has 2 aromatic carbocycles. The van der Waals surface area contributed by atoms with E-state index in [0.717, 1.165) is 36.9 Å². The number of sulfone groups is 1. The van der Waals surface area contributed by atoms with E-state index < -0.39 is 9.84 Å². The number of benzene rings is 2. The van der Waals surface area contributed by atoms with Crippen molar-refractivity contribution in [2.75, 3.05) is 6.54 Å². The van der Waals surface area contributed by atoms with Crippen LogP contribution in [0.2, 0.25) is 0 Å². The number of aromatic amines is 1. The highest BCUT2D eigenvalue weighted by Gasteiger charge is 2.29. The summed E-state index contributed by atoms with van der Waals surface area (Å²) in [6.45, 7) is 5.24. The number of rotatable bonds is 9. The molecule has 2 unspecified atom stereocenters. The molecule has 7 nitrogen and oxygen atoms in total. The van der Waals surface area contributed by atoms with E-state index in [-0.39, 0.29) is 22.3 Å². The molecule has 2 atom stereocenters. The Labute approximate surface area is 220 Å². The first-order chi connectivity index (χ1) is 17.8. The summed E-state index contributed by atoms with van der Waals surface area (Å²) in [5, 5.41) is 6.55. The predicted octanol–water partition coefficient (Wildman–Crippen LogP) is 5.17. The Morgan fingerprint density at radius 1 is 1.14 bits per heavy atom. The summed E-state index contributed by atoms with van der Waals surface area (Å²) in [7, 11) is -3.51. The fourth-order valence-corrected chi connectivity index (χ4v) is 7.22. The van der Waals surface area contributed by atoms with Crippen LogP contribution in [0.3, 0.4) is 0 Å². The zero-order valence-corrected chi connectivity index (χ0v) is 22.6. The van der Waals surface area contributed by atoms with Crippen LogP contribution in [0.1, 0.15) is 38.1 Å². The Balaban J connectivity index is 1.33. The number of H-pyrrole nitrogens is 1. The van der Waals surface area contributed by atoms with Gasteiger partial charge in [-0.2, -0.15) is 0 Å². The molecule has 0 spiro atoms. The van der Waals surface area contributed by atoms with Gasteiger partial charge in [0.1, 0.15) is 22.6 Å². The second kappa shape index (κ2) is 10.8. The molecule has 0 bridgehead atoms. The highest BCUT2D eigenvalue weighted by atomic mass is 32.2. The monoisotopic (exact) mass is 537 g/mol. The van der Waals surface area contributed by atoms with Crippen molar-refractivity contribution in [3.63, 3.8) is 0 Å². The molecular weight excluding hydrogens is 506 g/mol. The lowest BCUT2D eigenvalue weighted by Gasteiger charge is -2.23. The minimum Gasteiger partial charge on any atom is -0.490 e. The van der Waals surface area contributed by atoms with E-state index in [1.54, 1.807) is 41.8 Å². The summed E-state index contributed by atoms with van der Waals surface area (Å²) in [6, 6.07) is 16.3. The second-order valence-electron chi connectivity index (χ2n) is 9.87. The Hall–Kier alpha value is -3.01. The quantitative estimate of drug-likeness (QED) is 0.305. The van der Waals surface area contributed by atoms with Crippen LogP contribution < -0.4 is 15.6 Å². The topological polar surface area (TPSA) is 101 Å². The van der Waals surface area contributed by atoms with Crippen molar-refractivity contribution in [3.05, 3.63) is 75.3 Å². The average Bonchev–Trinajstić information content (AvgIpc) is 3.52. The van der Waals surface area contributed by atoms with Gasteiger partial charge in [-0.15, -0.1) is 11.3 Å². The van der Waals surface area contributed by atoms with Gasteiger partial charge >= 0.3 is 0 Å². The van der Waals surface area contributed by atoms with Crippen molar-refractivity contribution in [2.24, 2.45) is 5.92 Å². The van der Waals surface area contributed by atoms with Gasteiger partial charge < -0.3 is 15.0 Å². The van der Waals surface area contributed by atoms with Gasteiger partial charge in [0, 0.05) is 30.0 Å². The molecule has 0 amide bonds. The number of nitrogens with zero attached hydrogens (tertiary/aromatic N) is 1. The van der Waals surface area contributed by atoms with Crippen LogP contribution in [0.5, 0.6) is 5.75 Å². The van der Waals surface area contributed by atoms with Crippen LogP contribution in [-0.2, 0) is 15.6 Å². The molecule has 194 valence electrons. The molecule has 0 saturated heterocycles. The fourth-order valence-electron chi connectivity index (χ4n) is 4.77. The molecule has 1 saturated carbocycles. The standard InChI is InChI=1S/C28H31N3O4S2/c1-18(2)29-15-20-7-6-10-26(20)35-21-12-11-19-13-23(28(32)31-24(19)14-21)25-16-36-27(30-25)17-37(33,34)22-8-4-3-5-9-22/h3-5,8-9,11-14,16,18,20,26,29H,6-7,10,15,17H2,1-2H3,(H,31,32). The third-order valence-corrected chi connectivity index (χ3v) is 9.40. The third kappa shape index (κ3) is 5.95. The van der Waals surface area contributed by atoms with Crippen molar-refractivity contribution in [1.82, 2.24) is 15.3 Å². The fraction of sp³-hybridized carbons (Fsp3) is 0.357. The van der Waals surface area contributed by atoms with Crippen LogP contribution in [0.25, 0.3) is 22.2 Å². The number of hydrogen-bond donors (Lipinski definition) is 2. The SMILES string of the molecule is CC(C)NCC1CCCC1Oc1ccc2cc(-c3csc(CS(=O)(=O)c4ccccc4)n3)c(=O)[nH]c2c1. The van der Waals surface area contributed by atoms with Gasteiger partial charge in [0.25, 0.3) is 5.56 Å². The highest BCUT2D eigenvalue weighted by molar-refractivity contribution is 7.90. The summed E-state index contributed by atoms with van der Waals surface area (Å²) in [5.41, 5.74) is 1.31. The zero-order chi connectivity index (χ0) is 26.0. The number of hydrogen-bond acceptors (Lipinski definition) is 7. The summed E-state index contributed by atoms with van der Waals surface area (Å²) in [5.74, 6) is 1.02. The first kappa shape index (κ1) is 25.6. The van der Waals surface area contributed by atoms with E-state index in [2.05, 4.69) is 29.1 Å². The third-order valence-electron chi connectivity index (χ3n) is 6.73. The molecule has 9 heteroatoms. The van der Waals surface area contributed by atoms with Crippen molar-refractivity contribution in [1.29, 1.82) is 0 Å². The molecular formula is C28H31N3O4S2. The minimum absolute atomic E-state index is 0.162. The summed E-state index contributed by atoms with van der Waals surface area (Å²) in [4.78, 5) is 20.6. The van der Waals surface area contributed by atoms with Crippen molar-refractivity contribution < 1.29 is 13.2 Å². The van der Waals surface area contributed by atoms with E-state index in [4.69, 9.17) is 4.74 Å². The van der Waals surface area contributed by atoms with Gasteiger partial charge in [-0.1, -0.05) is 32.0 Å². The van der Waals surface area contributed by atoms with Crippen LogP contribution in [-0.4, -0.2) is 37.1 Å². The maximum Gasteiger partial charge on any atom is 0.257 e. The molecule has 1 aliphatic carbocycles. The van der Waals surface area contributed by atoms with Crippen molar-refractivity contribution in [3.8, 4) is 17.0 Å².